The third-order valence-corrected chi connectivity index (χ3v) is 3.83. The maximum absolute atomic E-state index is 5.97. The molecule has 0 spiro atoms. The maximum Gasteiger partial charge on any atom is 0.190 e. The Morgan fingerprint density at radius 3 is 2.72 bits per heavy atom. The van der Waals surface area contributed by atoms with Crippen molar-refractivity contribution in [1.29, 1.82) is 0 Å². The van der Waals surface area contributed by atoms with Gasteiger partial charge >= 0.3 is 0 Å². The van der Waals surface area contributed by atoms with Gasteiger partial charge in [0.2, 0.25) is 0 Å². The molecule has 1 aromatic carbocycles. The first-order valence-electron chi connectivity index (χ1n) is 5.25. The Balaban J connectivity index is 2.28. The summed E-state index contributed by atoms with van der Waals surface area (Å²) in [6.45, 7) is 0. The van der Waals surface area contributed by atoms with Crippen molar-refractivity contribution in [3.8, 4) is 0 Å². The highest BCUT2D eigenvalue weighted by atomic mass is 35.5. The molecule has 0 bridgehead atoms. The van der Waals surface area contributed by atoms with Crippen molar-refractivity contribution >= 4 is 40.9 Å². The molecule has 6 heteroatoms. The minimum absolute atomic E-state index is 0.730. The summed E-state index contributed by atoms with van der Waals surface area (Å²) in [4.78, 5) is 9.85. The van der Waals surface area contributed by atoms with Crippen LogP contribution in [-0.2, 0) is 0 Å². The Kier molecular flexibility index (Phi) is 4.74. The summed E-state index contributed by atoms with van der Waals surface area (Å²) in [6.07, 6.45) is 1.96. The smallest absolute Gasteiger partial charge is 0.190 e. The van der Waals surface area contributed by atoms with Crippen molar-refractivity contribution in [1.82, 2.24) is 9.97 Å². The molecule has 0 saturated heterocycles. The Morgan fingerprint density at radius 1 is 1.22 bits per heavy atom. The normalized spacial score (nSPS) is 10.4. The van der Waals surface area contributed by atoms with Crippen LogP contribution in [0.25, 0.3) is 0 Å². The van der Waals surface area contributed by atoms with E-state index in [0.29, 0.717) is 0 Å². The first-order chi connectivity index (χ1) is 8.71. The summed E-state index contributed by atoms with van der Waals surface area (Å²) in [6, 6.07) is 9.65. The fourth-order valence-electron chi connectivity index (χ4n) is 1.33. The van der Waals surface area contributed by atoms with Crippen LogP contribution < -0.4 is 5.32 Å². The number of benzene rings is 1. The highest BCUT2D eigenvalue weighted by Crippen LogP contribution is 2.30. The van der Waals surface area contributed by atoms with E-state index in [9.17, 15) is 0 Å². The van der Waals surface area contributed by atoms with Crippen LogP contribution >= 0.6 is 35.1 Å². The van der Waals surface area contributed by atoms with Gasteiger partial charge in [-0.25, -0.2) is 9.97 Å². The molecule has 0 unspecified atom stereocenters. The van der Waals surface area contributed by atoms with Crippen molar-refractivity contribution in [3.05, 3.63) is 35.4 Å². The molecule has 0 atom stereocenters. The lowest BCUT2D eigenvalue weighted by Gasteiger charge is -2.06. The topological polar surface area (TPSA) is 37.8 Å². The lowest BCUT2D eigenvalue weighted by atomic mass is 10.4. The number of nitrogens with one attached hydrogen (secondary N) is 1. The number of nitrogens with zero attached hydrogens (tertiary/aromatic N) is 2. The number of hydrogen-bond acceptors (Lipinski definition) is 5. The molecule has 2 rings (SSSR count). The zero-order chi connectivity index (χ0) is 13.0. The van der Waals surface area contributed by atoms with Crippen molar-refractivity contribution in [3.63, 3.8) is 0 Å². The third-order valence-electron chi connectivity index (χ3n) is 2.14. The second-order valence-electron chi connectivity index (χ2n) is 3.39. The summed E-state index contributed by atoms with van der Waals surface area (Å²) in [5.74, 6) is 0.818. The van der Waals surface area contributed by atoms with Gasteiger partial charge in [-0.2, -0.15) is 0 Å². The minimum Gasteiger partial charge on any atom is -0.373 e. The van der Waals surface area contributed by atoms with Gasteiger partial charge in [-0.3, -0.25) is 0 Å². The average Bonchev–Trinajstić information content (AvgIpc) is 2.38. The minimum atomic E-state index is 0.730. The van der Waals surface area contributed by atoms with E-state index in [1.165, 1.54) is 11.8 Å². The van der Waals surface area contributed by atoms with Gasteiger partial charge < -0.3 is 5.32 Å². The van der Waals surface area contributed by atoms with Crippen molar-refractivity contribution < 1.29 is 0 Å². The van der Waals surface area contributed by atoms with Crippen LogP contribution in [0.2, 0.25) is 5.02 Å². The molecule has 1 N–H and O–H groups in total. The highest BCUT2D eigenvalue weighted by molar-refractivity contribution is 7.99. The molecule has 18 heavy (non-hydrogen) atoms. The monoisotopic (exact) mass is 297 g/mol. The molecule has 0 fully saturated rings. The molecule has 1 heterocycles. The Bertz CT molecular complexity index is 526. The van der Waals surface area contributed by atoms with Crippen molar-refractivity contribution in [2.75, 3.05) is 18.6 Å². The van der Waals surface area contributed by atoms with Crippen LogP contribution in [0, 0.1) is 0 Å². The first kappa shape index (κ1) is 13.5. The second kappa shape index (κ2) is 6.31. The lowest BCUT2D eigenvalue weighted by molar-refractivity contribution is 0.897. The van der Waals surface area contributed by atoms with Gasteiger partial charge in [0.05, 0.1) is 0 Å². The van der Waals surface area contributed by atoms with Gasteiger partial charge in [0.1, 0.15) is 10.8 Å². The molecule has 0 radical (unpaired) electrons. The van der Waals surface area contributed by atoms with Crippen molar-refractivity contribution in [2.24, 2.45) is 0 Å². The summed E-state index contributed by atoms with van der Waals surface area (Å²) in [5, 5.41) is 5.42. The zero-order valence-corrected chi connectivity index (χ0v) is 12.4. The fraction of sp³-hybridized carbons (Fsp3) is 0.167. The second-order valence-corrected chi connectivity index (χ2v) is 5.69. The third kappa shape index (κ3) is 3.54. The Hall–Kier alpha value is -0.910. The Labute approximate surface area is 120 Å². The molecule has 1 aromatic heterocycles. The van der Waals surface area contributed by atoms with Crippen LogP contribution in [0.1, 0.15) is 0 Å². The van der Waals surface area contributed by atoms with Gasteiger partial charge in [0, 0.05) is 23.0 Å². The largest absolute Gasteiger partial charge is 0.373 e. The number of aromatic nitrogens is 2. The summed E-state index contributed by atoms with van der Waals surface area (Å²) in [5.41, 5.74) is 0. The molecule has 0 amide bonds. The van der Waals surface area contributed by atoms with Gasteiger partial charge in [-0.05, 0) is 24.5 Å². The van der Waals surface area contributed by atoms with Crippen LogP contribution in [-0.4, -0.2) is 23.3 Å². The van der Waals surface area contributed by atoms with E-state index >= 15 is 0 Å². The van der Waals surface area contributed by atoms with Crippen LogP contribution in [0.4, 0.5) is 5.82 Å². The average molecular weight is 298 g/mol. The lowest BCUT2D eigenvalue weighted by Crippen LogP contribution is -1.96. The number of rotatable bonds is 4. The molecule has 0 aliphatic heterocycles. The number of anilines is 1. The van der Waals surface area contributed by atoms with Gasteiger partial charge in [-0.1, -0.05) is 41.2 Å². The molecule has 0 aliphatic rings. The first-order valence-corrected chi connectivity index (χ1v) is 7.67. The van der Waals surface area contributed by atoms with Crippen LogP contribution in [0.5, 0.6) is 0 Å². The van der Waals surface area contributed by atoms with E-state index in [2.05, 4.69) is 15.3 Å². The summed E-state index contributed by atoms with van der Waals surface area (Å²) >= 11 is 9.06. The molecule has 0 aliphatic carbocycles. The van der Waals surface area contributed by atoms with E-state index in [1.807, 2.05) is 43.6 Å². The molecule has 94 valence electrons. The van der Waals surface area contributed by atoms with Gasteiger partial charge in [0.15, 0.2) is 5.16 Å². The highest BCUT2D eigenvalue weighted by Gasteiger charge is 2.05. The van der Waals surface area contributed by atoms with Gasteiger partial charge in [-0.15, -0.1) is 0 Å². The van der Waals surface area contributed by atoms with E-state index < -0.39 is 0 Å². The number of hydrogen-bond donors (Lipinski definition) is 1. The fourth-order valence-corrected chi connectivity index (χ4v) is 2.90. The standard InChI is InChI=1S/C12H12ClN3S2/c1-14-10-7-11(16-12(15-10)17-2)18-9-5-3-4-8(13)6-9/h3-7H,1-2H3,(H,14,15,16). The molecular formula is C12H12ClN3S2. The number of halogens is 1. The van der Waals surface area contributed by atoms with Crippen molar-refractivity contribution in [2.45, 2.75) is 15.1 Å². The predicted octanol–water partition coefficient (Wildman–Crippen LogP) is 4.04. The molecule has 2 aromatic rings. The van der Waals surface area contributed by atoms with E-state index in [0.717, 1.165) is 25.9 Å². The summed E-state index contributed by atoms with van der Waals surface area (Å²) in [7, 11) is 1.85. The predicted molar refractivity (Wildman–Crippen MR) is 78.9 cm³/mol. The van der Waals surface area contributed by atoms with E-state index in [1.54, 1.807) is 11.8 Å². The maximum atomic E-state index is 5.97. The summed E-state index contributed by atoms with van der Waals surface area (Å²) < 4.78 is 0. The van der Waals surface area contributed by atoms with Gasteiger partial charge in [0.25, 0.3) is 0 Å². The molecule has 3 nitrogen and oxygen atoms in total. The van der Waals surface area contributed by atoms with E-state index in [-0.39, 0.29) is 0 Å². The Morgan fingerprint density at radius 2 is 2.06 bits per heavy atom. The quantitative estimate of drug-likeness (QED) is 0.524. The number of thioether (sulfide) groups is 1. The SMILES string of the molecule is CNc1cc(Sc2cccc(Cl)c2)nc(SC)n1. The van der Waals surface area contributed by atoms with E-state index in [4.69, 9.17) is 11.6 Å². The zero-order valence-electron chi connectivity index (χ0n) is 9.98. The molecular weight excluding hydrogens is 286 g/mol. The molecule has 0 saturated carbocycles. The van der Waals surface area contributed by atoms with Crippen LogP contribution in [0.15, 0.2) is 45.4 Å². The van der Waals surface area contributed by atoms with Crippen LogP contribution in [0.3, 0.4) is 0 Å².